The average Bonchev–Trinajstić information content (AvgIpc) is 2.87. The molecule has 1 aliphatic heterocycles. The highest BCUT2D eigenvalue weighted by Crippen LogP contribution is 2.25. The topological polar surface area (TPSA) is 48.7 Å². The molecule has 16 heavy (non-hydrogen) atoms. The Bertz CT molecular complexity index is 369. The van der Waals surface area contributed by atoms with E-state index in [0.717, 1.165) is 6.42 Å². The molecule has 2 heterocycles. The van der Waals surface area contributed by atoms with Crippen LogP contribution in [0.15, 0.2) is 16.5 Å². The molecule has 0 radical (unpaired) electrons. The number of ketones is 1. The summed E-state index contributed by atoms with van der Waals surface area (Å²) in [4.78, 5) is 12.1. The second-order valence-corrected chi connectivity index (χ2v) is 4.03. The zero-order valence-corrected chi connectivity index (χ0v) is 9.56. The van der Waals surface area contributed by atoms with Crippen molar-refractivity contribution in [3.05, 3.63) is 23.7 Å². The monoisotopic (exact) mass is 224 g/mol. The molecule has 2 rings (SSSR count). The molecule has 4 heteroatoms. The normalized spacial score (nSPS) is 24.9. The number of hydrogen-bond donors (Lipinski definition) is 0. The number of Topliss-reactive ketones (excluding diaryl/α,β-unsaturated/α-hetero) is 1. The summed E-state index contributed by atoms with van der Waals surface area (Å²) in [5.74, 6) is 1.06. The smallest absolute Gasteiger partial charge is 0.203 e. The fraction of sp³-hybridized carbons (Fsp3) is 0.583. The predicted molar refractivity (Wildman–Crippen MR) is 57.3 cm³/mol. The van der Waals surface area contributed by atoms with Crippen LogP contribution in [-0.2, 0) is 16.1 Å². The SMILES string of the molecule is COCc1ccc(C(=O)C2CCOC2C)o1. The van der Waals surface area contributed by atoms with Crippen molar-refractivity contribution >= 4 is 5.78 Å². The van der Waals surface area contributed by atoms with Gasteiger partial charge in [-0.3, -0.25) is 4.79 Å². The summed E-state index contributed by atoms with van der Waals surface area (Å²) in [6.45, 7) is 2.97. The fourth-order valence-electron chi connectivity index (χ4n) is 1.99. The minimum Gasteiger partial charge on any atom is -0.456 e. The Morgan fingerprint density at radius 2 is 2.38 bits per heavy atom. The van der Waals surface area contributed by atoms with Crippen LogP contribution in [0.3, 0.4) is 0 Å². The van der Waals surface area contributed by atoms with Gasteiger partial charge in [0.25, 0.3) is 0 Å². The lowest BCUT2D eigenvalue weighted by atomic mass is 9.96. The number of rotatable bonds is 4. The molecular weight excluding hydrogens is 208 g/mol. The third-order valence-electron chi connectivity index (χ3n) is 2.90. The first-order valence-corrected chi connectivity index (χ1v) is 5.46. The summed E-state index contributed by atoms with van der Waals surface area (Å²) in [5, 5.41) is 0. The Morgan fingerprint density at radius 1 is 1.56 bits per heavy atom. The molecule has 0 N–H and O–H groups in total. The van der Waals surface area contributed by atoms with Crippen LogP contribution < -0.4 is 0 Å². The highest BCUT2D eigenvalue weighted by Gasteiger charge is 2.32. The highest BCUT2D eigenvalue weighted by molar-refractivity contribution is 5.95. The van der Waals surface area contributed by atoms with Crippen molar-refractivity contribution in [3.8, 4) is 0 Å². The molecule has 88 valence electrons. The van der Waals surface area contributed by atoms with E-state index in [4.69, 9.17) is 13.9 Å². The largest absolute Gasteiger partial charge is 0.456 e. The molecule has 1 saturated heterocycles. The van der Waals surface area contributed by atoms with Crippen LogP contribution in [0.1, 0.15) is 29.7 Å². The lowest BCUT2D eigenvalue weighted by molar-refractivity contribution is 0.0734. The highest BCUT2D eigenvalue weighted by atomic mass is 16.5. The van der Waals surface area contributed by atoms with E-state index in [1.165, 1.54) is 0 Å². The summed E-state index contributed by atoms with van der Waals surface area (Å²) in [6.07, 6.45) is 0.767. The molecule has 0 aliphatic carbocycles. The van der Waals surface area contributed by atoms with Crippen LogP contribution in [0, 0.1) is 5.92 Å². The van der Waals surface area contributed by atoms with E-state index >= 15 is 0 Å². The van der Waals surface area contributed by atoms with Gasteiger partial charge in [0.1, 0.15) is 12.4 Å². The third-order valence-corrected chi connectivity index (χ3v) is 2.90. The summed E-state index contributed by atoms with van der Waals surface area (Å²) in [6, 6.07) is 3.49. The Morgan fingerprint density at radius 3 is 3.00 bits per heavy atom. The van der Waals surface area contributed by atoms with Gasteiger partial charge in [0, 0.05) is 13.7 Å². The van der Waals surface area contributed by atoms with Gasteiger partial charge in [-0.25, -0.2) is 0 Å². The zero-order chi connectivity index (χ0) is 11.5. The lowest BCUT2D eigenvalue weighted by Crippen LogP contribution is -2.21. The van der Waals surface area contributed by atoms with Crippen molar-refractivity contribution < 1.29 is 18.7 Å². The fourth-order valence-corrected chi connectivity index (χ4v) is 1.99. The second-order valence-electron chi connectivity index (χ2n) is 4.03. The van der Waals surface area contributed by atoms with Gasteiger partial charge in [-0.05, 0) is 25.5 Å². The second kappa shape index (κ2) is 4.80. The molecule has 4 nitrogen and oxygen atoms in total. The molecular formula is C12H16O4. The van der Waals surface area contributed by atoms with Gasteiger partial charge in [-0.1, -0.05) is 0 Å². The van der Waals surface area contributed by atoms with Gasteiger partial charge < -0.3 is 13.9 Å². The number of hydrogen-bond acceptors (Lipinski definition) is 4. The van der Waals surface area contributed by atoms with E-state index < -0.39 is 0 Å². The van der Waals surface area contributed by atoms with Crippen LogP contribution >= 0.6 is 0 Å². The maximum Gasteiger partial charge on any atom is 0.203 e. The number of carbonyl (C=O) groups excluding carboxylic acids is 1. The number of carbonyl (C=O) groups is 1. The minimum atomic E-state index is -0.0680. The molecule has 0 saturated carbocycles. The van der Waals surface area contributed by atoms with E-state index in [-0.39, 0.29) is 17.8 Å². The van der Waals surface area contributed by atoms with Crippen LogP contribution in [0.25, 0.3) is 0 Å². The Kier molecular flexibility index (Phi) is 3.41. The van der Waals surface area contributed by atoms with Crippen LogP contribution in [0.5, 0.6) is 0 Å². The first kappa shape index (κ1) is 11.4. The maximum atomic E-state index is 12.1. The molecule has 0 aromatic carbocycles. The van der Waals surface area contributed by atoms with E-state index in [1.54, 1.807) is 19.2 Å². The molecule has 1 aliphatic rings. The Labute approximate surface area is 94.5 Å². The molecule has 1 aromatic rings. The minimum absolute atomic E-state index is 0.0107. The van der Waals surface area contributed by atoms with Crippen LogP contribution in [-0.4, -0.2) is 25.6 Å². The predicted octanol–water partition coefficient (Wildman–Crippen LogP) is 2.03. The molecule has 0 amide bonds. The summed E-state index contributed by atoms with van der Waals surface area (Å²) in [5.41, 5.74) is 0. The summed E-state index contributed by atoms with van der Waals surface area (Å²) < 4.78 is 15.7. The third kappa shape index (κ3) is 2.18. The number of methoxy groups -OCH3 is 1. The molecule has 0 spiro atoms. The van der Waals surface area contributed by atoms with Gasteiger partial charge in [0.2, 0.25) is 5.78 Å². The van der Waals surface area contributed by atoms with Crippen molar-refractivity contribution in [1.82, 2.24) is 0 Å². The maximum absolute atomic E-state index is 12.1. The molecule has 1 aromatic heterocycles. The van der Waals surface area contributed by atoms with Crippen LogP contribution in [0.2, 0.25) is 0 Å². The first-order valence-electron chi connectivity index (χ1n) is 5.46. The molecule has 0 bridgehead atoms. The lowest BCUT2D eigenvalue weighted by Gasteiger charge is -2.10. The van der Waals surface area contributed by atoms with Crippen molar-refractivity contribution in [2.75, 3.05) is 13.7 Å². The van der Waals surface area contributed by atoms with Gasteiger partial charge in [0.05, 0.1) is 12.0 Å². The van der Waals surface area contributed by atoms with Gasteiger partial charge in [0.15, 0.2) is 5.76 Å². The van der Waals surface area contributed by atoms with Gasteiger partial charge in [-0.15, -0.1) is 0 Å². The van der Waals surface area contributed by atoms with E-state index in [9.17, 15) is 4.79 Å². The first-order chi connectivity index (χ1) is 7.72. The van der Waals surface area contributed by atoms with Crippen molar-refractivity contribution in [2.45, 2.75) is 26.1 Å². The van der Waals surface area contributed by atoms with Crippen molar-refractivity contribution in [2.24, 2.45) is 5.92 Å². The van der Waals surface area contributed by atoms with E-state index in [1.807, 2.05) is 6.92 Å². The average molecular weight is 224 g/mol. The van der Waals surface area contributed by atoms with Crippen molar-refractivity contribution in [3.63, 3.8) is 0 Å². The zero-order valence-electron chi connectivity index (χ0n) is 9.56. The van der Waals surface area contributed by atoms with E-state index in [2.05, 4.69) is 0 Å². The number of ether oxygens (including phenoxy) is 2. The molecule has 1 fully saturated rings. The molecule has 2 unspecified atom stereocenters. The van der Waals surface area contributed by atoms with Crippen LogP contribution in [0.4, 0.5) is 0 Å². The Hall–Kier alpha value is -1.13. The standard InChI is InChI=1S/C12H16O4/c1-8-10(5-6-15-8)12(13)11-4-3-9(16-11)7-14-2/h3-4,8,10H,5-7H2,1-2H3. The molecule has 2 atom stereocenters. The van der Waals surface area contributed by atoms with Crippen molar-refractivity contribution in [1.29, 1.82) is 0 Å². The quantitative estimate of drug-likeness (QED) is 0.734. The van der Waals surface area contributed by atoms with E-state index in [0.29, 0.717) is 24.7 Å². The van der Waals surface area contributed by atoms with Gasteiger partial charge in [-0.2, -0.15) is 0 Å². The van der Waals surface area contributed by atoms with Gasteiger partial charge >= 0.3 is 0 Å². The summed E-state index contributed by atoms with van der Waals surface area (Å²) in [7, 11) is 1.59. The summed E-state index contributed by atoms with van der Waals surface area (Å²) >= 11 is 0. The number of furan rings is 1. The Balaban J connectivity index is 2.08.